The molecule has 0 aromatic carbocycles. The lowest BCUT2D eigenvalue weighted by Crippen LogP contribution is -2.18. The number of hydrogen-bond donors (Lipinski definition) is 0. The second-order valence-corrected chi connectivity index (χ2v) is 3.86. The summed E-state index contributed by atoms with van der Waals surface area (Å²) in [5.41, 5.74) is 0. The molecule has 0 aromatic heterocycles. The maximum Gasteiger partial charge on any atom is 0.389 e. The van der Waals surface area contributed by atoms with Gasteiger partial charge < -0.3 is 0 Å². The van der Waals surface area contributed by atoms with Crippen LogP contribution in [0.2, 0.25) is 0 Å². The molecule has 3 heteroatoms. The van der Waals surface area contributed by atoms with Crippen LogP contribution in [0.5, 0.6) is 0 Å². The molecule has 0 amide bonds. The van der Waals surface area contributed by atoms with Crippen LogP contribution >= 0.6 is 0 Å². The molecule has 3 atom stereocenters. The summed E-state index contributed by atoms with van der Waals surface area (Å²) in [6.45, 7) is 0. The molecular weight excluding hydrogens is 165 g/mol. The molecule has 12 heavy (non-hydrogen) atoms. The van der Waals surface area contributed by atoms with Crippen LogP contribution in [0.3, 0.4) is 0 Å². The van der Waals surface area contributed by atoms with Crippen molar-refractivity contribution in [1.82, 2.24) is 0 Å². The Labute approximate surface area is 69.5 Å². The van der Waals surface area contributed by atoms with E-state index >= 15 is 0 Å². The molecule has 3 unspecified atom stereocenters. The van der Waals surface area contributed by atoms with Gasteiger partial charge in [0.15, 0.2) is 0 Å². The fourth-order valence-electron chi connectivity index (χ4n) is 2.43. The fraction of sp³-hybridized carbons (Fsp3) is 0.778. The van der Waals surface area contributed by atoms with Crippen LogP contribution in [-0.2, 0) is 0 Å². The maximum atomic E-state index is 12.0. The third-order valence-electron chi connectivity index (χ3n) is 2.91. The third-order valence-corrected chi connectivity index (χ3v) is 2.91. The number of rotatable bonds is 1. The first-order valence-corrected chi connectivity index (χ1v) is 4.30. The van der Waals surface area contributed by atoms with E-state index in [1.165, 1.54) is 0 Å². The molecule has 0 aliphatic heterocycles. The first-order chi connectivity index (χ1) is 5.54. The van der Waals surface area contributed by atoms with Crippen molar-refractivity contribution in [3.63, 3.8) is 0 Å². The summed E-state index contributed by atoms with van der Waals surface area (Å²) in [6.07, 6.45) is 1.19. The van der Waals surface area contributed by atoms with Crippen molar-refractivity contribution in [3.05, 3.63) is 12.2 Å². The minimum Gasteiger partial charge on any atom is -0.171 e. The molecular formula is C9H11F3. The van der Waals surface area contributed by atoms with E-state index in [2.05, 4.69) is 6.08 Å². The molecule has 0 spiro atoms. The van der Waals surface area contributed by atoms with Gasteiger partial charge >= 0.3 is 6.18 Å². The van der Waals surface area contributed by atoms with Crippen molar-refractivity contribution in [2.24, 2.45) is 17.8 Å². The minimum absolute atomic E-state index is 0.125. The van der Waals surface area contributed by atoms with E-state index in [0.717, 1.165) is 12.8 Å². The number of allylic oxidation sites excluding steroid dienone is 2. The second kappa shape index (κ2) is 2.51. The smallest absolute Gasteiger partial charge is 0.171 e. The second-order valence-electron chi connectivity index (χ2n) is 3.86. The highest BCUT2D eigenvalue weighted by Crippen LogP contribution is 2.47. The topological polar surface area (TPSA) is 0 Å². The van der Waals surface area contributed by atoms with Crippen LogP contribution in [0, 0.1) is 17.8 Å². The number of alkyl halides is 3. The molecule has 0 aromatic rings. The van der Waals surface area contributed by atoms with Crippen LogP contribution in [-0.4, -0.2) is 6.18 Å². The molecule has 0 saturated heterocycles. The summed E-state index contributed by atoms with van der Waals surface area (Å²) in [4.78, 5) is 0. The highest BCUT2D eigenvalue weighted by molar-refractivity contribution is 5.10. The number of fused-ring (bicyclic) bond motifs is 2. The normalized spacial score (nSPS) is 39.4. The zero-order valence-corrected chi connectivity index (χ0v) is 6.64. The predicted molar refractivity (Wildman–Crippen MR) is 39.5 cm³/mol. The Morgan fingerprint density at radius 1 is 1.17 bits per heavy atom. The molecule has 0 nitrogen and oxygen atoms in total. The van der Waals surface area contributed by atoms with Gasteiger partial charge in [0.05, 0.1) is 0 Å². The van der Waals surface area contributed by atoms with Crippen molar-refractivity contribution in [1.29, 1.82) is 0 Å². The van der Waals surface area contributed by atoms with Gasteiger partial charge in [0.1, 0.15) is 0 Å². The van der Waals surface area contributed by atoms with Crippen LogP contribution in [0.4, 0.5) is 13.2 Å². The highest BCUT2D eigenvalue weighted by atomic mass is 19.4. The Balaban J connectivity index is 1.96. The van der Waals surface area contributed by atoms with Gasteiger partial charge in [-0.2, -0.15) is 13.2 Å². The van der Waals surface area contributed by atoms with E-state index in [-0.39, 0.29) is 11.8 Å². The van der Waals surface area contributed by atoms with Gasteiger partial charge in [-0.05, 0) is 30.6 Å². The standard InChI is InChI=1S/C9H11F3/c10-9(11,12)5-8-4-6-1-2-7(8)3-6/h1-2,6-8H,3-5H2. The first-order valence-electron chi connectivity index (χ1n) is 4.30. The predicted octanol–water partition coefficient (Wildman–Crippen LogP) is 3.15. The number of halogens is 3. The third kappa shape index (κ3) is 1.50. The Morgan fingerprint density at radius 3 is 2.33 bits per heavy atom. The fourth-order valence-corrected chi connectivity index (χ4v) is 2.43. The summed E-state index contributed by atoms with van der Waals surface area (Å²) < 4.78 is 36.0. The molecule has 0 radical (unpaired) electrons. The first kappa shape index (κ1) is 8.14. The van der Waals surface area contributed by atoms with Crippen LogP contribution in [0.1, 0.15) is 19.3 Å². The Morgan fingerprint density at radius 2 is 1.92 bits per heavy atom. The summed E-state index contributed by atoms with van der Waals surface area (Å²) >= 11 is 0. The molecule has 1 fully saturated rings. The van der Waals surface area contributed by atoms with Gasteiger partial charge in [-0.3, -0.25) is 0 Å². The van der Waals surface area contributed by atoms with E-state index < -0.39 is 12.6 Å². The Kier molecular flexibility index (Phi) is 1.70. The average Bonchev–Trinajstić information content (AvgIpc) is 2.42. The van der Waals surface area contributed by atoms with Crippen molar-refractivity contribution in [3.8, 4) is 0 Å². The van der Waals surface area contributed by atoms with Crippen LogP contribution in [0.15, 0.2) is 12.2 Å². The minimum atomic E-state index is -3.97. The maximum absolute atomic E-state index is 12.0. The summed E-state index contributed by atoms with van der Waals surface area (Å²) in [5.74, 6) is 0.541. The van der Waals surface area contributed by atoms with Crippen molar-refractivity contribution >= 4 is 0 Å². The number of hydrogen-bond acceptors (Lipinski definition) is 0. The molecule has 1 saturated carbocycles. The van der Waals surface area contributed by atoms with Crippen LogP contribution < -0.4 is 0 Å². The van der Waals surface area contributed by atoms with Gasteiger partial charge in [-0.25, -0.2) is 0 Å². The molecule has 2 aliphatic rings. The molecule has 2 aliphatic carbocycles. The van der Waals surface area contributed by atoms with E-state index in [0.29, 0.717) is 5.92 Å². The van der Waals surface area contributed by atoms with Crippen molar-refractivity contribution in [2.75, 3.05) is 0 Å². The largest absolute Gasteiger partial charge is 0.389 e. The lowest BCUT2D eigenvalue weighted by molar-refractivity contribution is -0.146. The lowest BCUT2D eigenvalue weighted by atomic mass is 9.90. The Bertz CT molecular complexity index is 204. The zero-order chi connectivity index (χ0) is 8.77. The quantitative estimate of drug-likeness (QED) is 0.538. The zero-order valence-electron chi connectivity index (χ0n) is 6.64. The summed E-state index contributed by atoms with van der Waals surface area (Å²) in [6, 6.07) is 0. The van der Waals surface area contributed by atoms with E-state index in [1.54, 1.807) is 0 Å². The van der Waals surface area contributed by atoms with E-state index in [1.807, 2.05) is 6.08 Å². The van der Waals surface area contributed by atoms with Gasteiger partial charge in [-0.15, -0.1) is 0 Å². The molecule has 0 N–H and O–H groups in total. The van der Waals surface area contributed by atoms with E-state index in [4.69, 9.17) is 0 Å². The Hall–Kier alpha value is -0.470. The summed E-state index contributed by atoms with van der Waals surface area (Å²) in [7, 11) is 0. The van der Waals surface area contributed by atoms with Gasteiger partial charge in [0.2, 0.25) is 0 Å². The van der Waals surface area contributed by atoms with Crippen molar-refractivity contribution in [2.45, 2.75) is 25.4 Å². The molecule has 2 bridgehead atoms. The highest BCUT2D eigenvalue weighted by Gasteiger charge is 2.42. The summed E-state index contributed by atoms with van der Waals surface area (Å²) in [5, 5.41) is 0. The average molecular weight is 176 g/mol. The van der Waals surface area contributed by atoms with Gasteiger partial charge in [-0.1, -0.05) is 12.2 Å². The lowest BCUT2D eigenvalue weighted by Gasteiger charge is -2.19. The van der Waals surface area contributed by atoms with Gasteiger partial charge in [0, 0.05) is 6.42 Å². The van der Waals surface area contributed by atoms with Crippen LogP contribution in [0.25, 0.3) is 0 Å². The van der Waals surface area contributed by atoms with Gasteiger partial charge in [0.25, 0.3) is 0 Å². The monoisotopic (exact) mass is 176 g/mol. The SMILES string of the molecule is FC(F)(F)CC1CC2C=CC1C2. The van der Waals surface area contributed by atoms with E-state index in [9.17, 15) is 13.2 Å². The van der Waals surface area contributed by atoms with Crippen molar-refractivity contribution < 1.29 is 13.2 Å². The molecule has 0 heterocycles. The molecule has 68 valence electrons. The molecule has 2 rings (SSSR count).